The summed E-state index contributed by atoms with van der Waals surface area (Å²) in [7, 11) is 0. The van der Waals surface area contributed by atoms with E-state index in [1.165, 1.54) is 12.8 Å². The molecule has 0 nitrogen and oxygen atoms in total. The molecule has 1 aliphatic carbocycles. The maximum absolute atomic E-state index is 4.65. The Hall–Kier alpha value is 0.350. The Morgan fingerprint density at radius 2 is 2.00 bits per heavy atom. The minimum Gasteiger partial charge on any atom is -0.173 e. The standard InChI is InChI=1S/C10H20S/c1-5-9(10(3,4)11)8-6-7(8)2/h7-9,11H,5-6H2,1-4H3. The van der Waals surface area contributed by atoms with Crippen LogP contribution < -0.4 is 0 Å². The lowest BCUT2D eigenvalue weighted by Crippen LogP contribution is -2.26. The highest BCUT2D eigenvalue weighted by molar-refractivity contribution is 7.81. The van der Waals surface area contributed by atoms with Crippen LogP contribution in [0.4, 0.5) is 0 Å². The summed E-state index contributed by atoms with van der Waals surface area (Å²) < 4.78 is 0.226. The molecular formula is C10H20S. The summed E-state index contributed by atoms with van der Waals surface area (Å²) in [6.45, 7) is 9.13. The van der Waals surface area contributed by atoms with Crippen molar-refractivity contribution < 1.29 is 0 Å². The molecule has 0 aliphatic heterocycles. The molecule has 3 unspecified atom stereocenters. The maximum Gasteiger partial charge on any atom is 0.0104 e. The van der Waals surface area contributed by atoms with Crippen molar-refractivity contribution in [3.05, 3.63) is 0 Å². The van der Waals surface area contributed by atoms with Crippen molar-refractivity contribution in [1.82, 2.24) is 0 Å². The third-order valence-electron chi connectivity index (χ3n) is 3.04. The number of thiol groups is 1. The first kappa shape index (κ1) is 9.44. The molecule has 1 heteroatoms. The molecule has 0 aromatic rings. The molecule has 66 valence electrons. The normalized spacial score (nSPS) is 33.5. The van der Waals surface area contributed by atoms with Crippen LogP contribution in [0.1, 0.15) is 40.5 Å². The van der Waals surface area contributed by atoms with E-state index in [2.05, 4.69) is 40.3 Å². The summed E-state index contributed by atoms with van der Waals surface area (Å²) in [6.07, 6.45) is 2.72. The molecule has 0 amide bonds. The van der Waals surface area contributed by atoms with Crippen LogP contribution in [0.3, 0.4) is 0 Å². The molecule has 11 heavy (non-hydrogen) atoms. The highest BCUT2D eigenvalue weighted by Crippen LogP contribution is 2.50. The van der Waals surface area contributed by atoms with E-state index < -0.39 is 0 Å². The first-order chi connectivity index (χ1) is 4.96. The second kappa shape index (κ2) is 3.01. The summed E-state index contributed by atoms with van der Waals surface area (Å²) >= 11 is 4.65. The summed E-state index contributed by atoms with van der Waals surface area (Å²) in [5.41, 5.74) is 0. The lowest BCUT2D eigenvalue weighted by Gasteiger charge is -2.29. The molecule has 1 rings (SSSR count). The second-order valence-corrected chi connectivity index (χ2v) is 5.70. The third-order valence-corrected chi connectivity index (χ3v) is 3.37. The first-order valence-corrected chi connectivity index (χ1v) is 5.14. The average Bonchev–Trinajstić information content (AvgIpc) is 2.45. The van der Waals surface area contributed by atoms with Gasteiger partial charge in [0.15, 0.2) is 0 Å². The SMILES string of the molecule is CCC(C1CC1C)C(C)(C)S. The minimum absolute atomic E-state index is 0.226. The minimum atomic E-state index is 0.226. The zero-order valence-electron chi connectivity index (χ0n) is 8.09. The van der Waals surface area contributed by atoms with Crippen molar-refractivity contribution in [3.8, 4) is 0 Å². The van der Waals surface area contributed by atoms with Gasteiger partial charge in [-0.2, -0.15) is 12.6 Å². The quantitative estimate of drug-likeness (QED) is 0.620. The Bertz CT molecular complexity index is 134. The Morgan fingerprint density at radius 1 is 1.55 bits per heavy atom. The smallest absolute Gasteiger partial charge is 0.0104 e. The van der Waals surface area contributed by atoms with Gasteiger partial charge in [0.05, 0.1) is 0 Å². The average molecular weight is 172 g/mol. The van der Waals surface area contributed by atoms with Crippen LogP contribution in [-0.2, 0) is 0 Å². The monoisotopic (exact) mass is 172 g/mol. The van der Waals surface area contributed by atoms with Crippen LogP contribution in [0.2, 0.25) is 0 Å². The van der Waals surface area contributed by atoms with Crippen molar-refractivity contribution in [1.29, 1.82) is 0 Å². The van der Waals surface area contributed by atoms with E-state index in [1.54, 1.807) is 0 Å². The van der Waals surface area contributed by atoms with Crippen molar-refractivity contribution in [2.75, 3.05) is 0 Å². The van der Waals surface area contributed by atoms with Crippen LogP contribution in [-0.4, -0.2) is 4.75 Å². The maximum atomic E-state index is 4.65. The van der Waals surface area contributed by atoms with Gasteiger partial charge in [-0.25, -0.2) is 0 Å². The van der Waals surface area contributed by atoms with Crippen molar-refractivity contribution in [2.24, 2.45) is 17.8 Å². The van der Waals surface area contributed by atoms with Crippen LogP contribution in [0.5, 0.6) is 0 Å². The second-order valence-electron chi connectivity index (χ2n) is 4.55. The molecule has 0 aromatic carbocycles. The van der Waals surface area contributed by atoms with Gasteiger partial charge in [-0.05, 0) is 24.2 Å². The summed E-state index contributed by atoms with van der Waals surface area (Å²) in [5, 5.41) is 0. The summed E-state index contributed by atoms with van der Waals surface area (Å²) in [4.78, 5) is 0. The molecule has 0 saturated heterocycles. The van der Waals surface area contributed by atoms with Gasteiger partial charge in [-0.15, -0.1) is 0 Å². The van der Waals surface area contributed by atoms with Gasteiger partial charge in [0, 0.05) is 4.75 Å². The van der Waals surface area contributed by atoms with Crippen molar-refractivity contribution in [3.63, 3.8) is 0 Å². The van der Waals surface area contributed by atoms with Gasteiger partial charge in [-0.3, -0.25) is 0 Å². The van der Waals surface area contributed by atoms with Crippen LogP contribution >= 0.6 is 12.6 Å². The molecule has 1 fully saturated rings. The Morgan fingerprint density at radius 3 is 2.09 bits per heavy atom. The topological polar surface area (TPSA) is 0 Å². The molecule has 3 atom stereocenters. The summed E-state index contributed by atoms with van der Waals surface area (Å²) in [5.74, 6) is 2.75. The van der Waals surface area contributed by atoms with Gasteiger partial charge in [-0.1, -0.05) is 34.1 Å². The molecule has 0 spiro atoms. The van der Waals surface area contributed by atoms with E-state index in [1.807, 2.05) is 0 Å². The van der Waals surface area contributed by atoms with Gasteiger partial charge in [0.25, 0.3) is 0 Å². The van der Waals surface area contributed by atoms with E-state index in [0.29, 0.717) is 0 Å². The molecular weight excluding hydrogens is 152 g/mol. The predicted molar refractivity (Wildman–Crippen MR) is 54.1 cm³/mol. The third kappa shape index (κ3) is 2.14. The highest BCUT2D eigenvalue weighted by Gasteiger charge is 2.43. The lowest BCUT2D eigenvalue weighted by molar-refractivity contribution is 0.351. The Labute approximate surface area is 76.2 Å². The number of hydrogen-bond donors (Lipinski definition) is 1. The molecule has 1 aliphatic rings. The van der Waals surface area contributed by atoms with Gasteiger partial charge in [0.2, 0.25) is 0 Å². The first-order valence-electron chi connectivity index (χ1n) is 4.69. The largest absolute Gasteiger partial charge is 0.173 e. The molecule has 1 saturated carbocycles. The van der Waals surface area contributed by atoms with Crippen LogP contribution in [0.25, 0.3) is 0 Å². The molecule has 0 bridgehead atoms. The number of hydrogen-bond acceptors (Lipinski definition) is 1. The Kier molecular flexibility index (Phi) is 2.58. The van der Waals surface area contributed by atoms with E-state index >= 15 is 0 Å². The molecule has 0 aromatic heterocycles. The van der Waals surface area contributed by atoms with Gasteiger partial charge < -0.3 is 0 Å². The fraction of sp³-hybridized carbons (Fsp3) is 1.00. The Balaban J connectivity index is 2.51. The van der Waals surface area contributed by atoms with E-state index in [9.17, 15) is 0 Å². The van der Waals surface area contributed by atoms with Crippen LogP contribution in [0.15, 0.2) is 0 Å². The van der Waals surface area contributed by atoms with Crippen molar-refractivity contribution in [2.45, 2.75) is 45.3 Å². The van der Waals surface area contributed by atoms with E-state index in [0.717, 1.165) is 17.8 Å². The fourth-order valence-electron chi connectivity index (χ4n) is 2.24. The zero-order valence-corrected chi connectivity index (χ0v) is 8.99. The zero-order chi connectivity index (χ0) is 8.65. The van der Waals surface area contributed by atoms with E-state index in [-0.39, 0.29) is 4.75 Å². The highest BCUT2D eigenvalue weighted by atomic mass is 32.1. The lowest BCUT2D eigenvalue weighted by atomic mass is 9.87. The van der Waals surface area contributed by atoms with Gasteiger partial charge in [0.1, 0.15) is 0 Å². The van der Waals surface area contributed by atoms with E-state index in [4.69, 9.17) is 0 Å². The van der Waals surface area contributed by atoms with Crippen molar-refractivity contribution >= 4 is 12.6 Å². The van der Waals surface area contributed by atoms with Gasteiger partial charge >= 0.3 is 0 Å². The molecule has 0 N–H and O–H groups in total. The fourth-order valence-corrected chi connectivity index (χ4v) is 2.61. The van der Waals surface area contributed by atoms with Crippen LogP contribution in [0, 0.1) is 17.8 Å². The summed E-state index contributed by atoms with van der Waals surface area (Å²) in [6, 6.07) is 0. The molecule has 0 heterocycles. The molecule has 0 radical (unpaired) electrons. The predicted octanol–water partition coefficient (Wildman–Crippen LogP) is 3.38. The number of rotatable bonds is 3.